The number of nitrogens with one attached hydrogen (secondary N) is 1. The van der Waals surface area contributed by atoms with E-state index in [1.165, 1.54) is 0 Å². The second-order valence-corrected chi connectivity index (χ2v) is 4.80. The number of benzene rings is 1. The summed E-state index contributed by atoms with van der Waals surface area (Å²) < 4.78 is 0. The van der Waals surface area contributed by atoms with Crippen LogP contribution in [-0.4, -0.2) is 9.97 Å². The third kappa shape index (κ3) is 3.22. The summed E-state index contributed by atoms with van der Waals surface area (Å²) in [4.78, 5) is 9.01. The van der Waals surface area contributed by atoms with E-state index in [0.29, 0.717) is 12.2 Å². The molecule has 0 aliphatic carbocycles. The Morgan fingerprint density at radius 3 is 2.47 bits per heavy atom. The highest BCUT2D eigenvalue weighted by molar-refractivity contribution is 6.30. The molecule has 4 nitrogen and oxygen atoms in total. The number of rotatable bonds is 4. The fourth-order valence-electron chi connectivity index (χ4n) is 1.96. The lowest BCUT2D eigenvalue weighted by Crippen LogP contribution is -2.14. The monoisotopic (exact) mass is 276 g/mol. The van der Waals surface area contributed by atoms with Crippen LogP contribution in [0, 0.1) is 6.92 Å². The number of aryl methyl sites for hydroxylation is 1. The van der Waals surface area contributed by atoms with Gasteiger partial charge in [0.05, 0.1) is 0 Å². The minimum Gasteiger partial charge on any atom is -0.308 e. The summed E-state index contributed by atoms with van der Waals surface area (Å²) in [6, 6.07) is 7.70. The van der Waals surface area contributed by atoms with Crippen LogP contribution in [0.2, 0.25) is 5.02 Å². The van der Waals surface area contributed by atoms with Crippen molar-refractivity contribution < 1.29 is 0 Å². The van der Waals surface area contributed by atoms with Gasteiger partial charge in [-0.05, 0) is 31.0 Å². The zero-order chi connectivity index (χ0) is 13.8. The van der Waals surface area contributed by atoms with Gasteiger partial charge >= 0.3 is 0 Å². The summed E-state index contributed by atoms with van der Waals surface area (Å²) in [5, 5.41) is 0.729. The van der Waals surface area contributed by atoms with Crippen LogP contribution in [0.25, 0.3) is 0 Å². The lowest BCUT2D eigenvalue weighted by atomic mass is 10.1. The molecule has 1 aromatic heterocycles. The Balaban J connectivity index is 2.32. The molecule has 0 aliphatic heterocycles. The molecule has 3 N–H and O–H groups in total. The van der Waals surface area contributed by atoms with Gasteiger partial charge in [-0.25, -0.2) is 15.8 Å². The maximum absolute atomic E-state index is 5.87. The van der Waals surface area contributed by atoms with Gasteiger partial charge in [-0.15, -0.1) is 0 Å². The Bertz CT molecular complexity index is 541. The summed E-state index contributed by atoms with van der Waals surface area (Å²) in [5.41, 5.74) is 5.78. The molecule has 2 aromatic rings. The van der Waals surface area contributed by atoms with Gasteiger partial charge in [-0.2, -0.15) is 0 Å². The third-order valence-corrected chi connectivity index (χ3v) is 3.29. The second-order valence-electron chi connectivity index (χ2n) is 4.36. The van der Waals surface area contributed by atoms with Gasteiger partial charge in [0.25, 0.3) is 0 Å². The quantitative estimate of drug-likeness (QED) is 0.666. The van der Waals surface area contributed by atoms with Gasteiger partial charge in [-0.3, -0.25) is 0 Å². The molecule has 0 unspecified atom stereocenters. The van der Waals surface area contributed by atoms with Crippen molar-refractivity contribution in [2.24, 2.45) is 5.84 Å². The van der Waals surface area contributed by atoms with E-state index in [-0.39, 0.29) is 0 Å². The SMILES string of the molecule is CCc1nc(Cc2ccc(Cl)cc2)nc(NN)c1C. The molecule has 1 aromatic carbocycles. The van der Waals surface area contributed by atoms with E-state index in [1.807, 2.05) is 31.2 Å². The van der Waals surface area contributed by atoms with E-state index >= 15 is 0 Å². The molecule has 5 heteroatoms. The molecule has 100 valence electrons. The largest absolute Gasteiger partial charge is 0.308 e. The van der Waals surface area contributed by atoms with Crippen molar-refractivity contribution >= 4 is 17.4 Å². The van der Waals surface area contributed by atoms with E-state index < -0.39 is 0 Å². The molecular weight excluding hydrogens is 260 g/mol. The first kappa shape index (κ1) is 13.8. The predicted octanol–water partition coefficient (Wildman–Crippen LogP) is 2.88. The molecule has 0 fully saturated rings. The van der Waals surface area contributed by atoms with Crippen molar-refractivity contribution in [3.05, 3.63) is 51.9 Å². The minimum absolute atomic E-state index is 0.666. The number of nitrogens with zero attached hydrogens (tertiary/aromatic N) is 2. The zero-order valence-corrected chi connectivity index (χ0v) is 11.8. The van der Waals surface area contributed by atoms with Gasteiger partial charge in [0.15, 0.2) is 0 Å². The highest BCUT2D eigenvalue weighted by atomic mass is 35.5. The van der Waals surface area contributed by atoms with Crippen LogP contribution in [0.15, 0.2) is 24.3 Å². The van der Waals surface area contributed by atoms with Crippen LogP contribution in [0.3, 0.4) is 0 Å². The van der Waals surface area contributed by atoms with Crippen LogP contribution in [0.5, 0.6) is 0 Å². The van der Waals surface area contributed by atoms with E-state index in [0.717, 1.165) is 34.1 Å². The van der Waals surface area contributed by atoms with Gasteiger partial charge in [-0.1, -0.05) is 30.7 Å². The molecule has 0 spiro atoms. The molecule has 0 amide bonds. The normalized spacial score (nSPS) is 10.5. The second kappa shape index (κ2) is 5.99. The van der Waals surface area contributed by atoms with Gasteiger partial charge in [0, 0.05) is 22.7 Å². The van der Waals surface area contributed by atoms with Crippen molar-refractivity contribution in [2.75, 3.05) is 5.43 Å². The first-order valence-corrected chi connectivity index (χ1v) is 6.59. The number of hydrogen-bond acceptors (Lipinski definition) is 4. The molecule has 1 heterocycles. The van der Waals surface area contributed by atoms with Crippen LogP contribution >= 0.6 is 11.6 Å². The Labute approximate surface area is 118 Å². The standard InChI is InChI=1S/C14H17ClN4/c1-3-12-9(2)14(19-16)18-13(17-12)8-10-4-6-11(15)7-5-10/h4-7H,3,8,16H2,1-2H3,(H,17,18,19). The van der Waals surface area contributed by atoms with Crippen LogP contribution < -0.4 is 11.3 Å². The van der Waals surface area contributed by atoms with E-state index in [9.17, 15) is 0 Å². The van der Waals surface area contributed by atoms with Crippen LogP contribution in [0.1, 0.15) is 29.6 Å². The van der Waals surface area contributed by atoms with E-state index in [2.05, 4.69) is 22.3 Å². The minimum atomic E-state index is 0.666. The smallest absolute Gasteiger partial charge is 0.146 e. The topological polar surface area (TPSA) is 63.8 Å². The van der Waals surface area contributed by atoms with Crippen LogP contribution in [-0.2, 0) is 12.8 Å². The number of nitrogens with two attached hydrogens (primary N) is 1. The fourth-order valence-corrected chi connectivity index (χ4v) is 2.09. The Morgan fingerprint density at radius 2 is 1.89 bits per heavy atom. The van der Waals surface area contributed by atoms with Gasteiger partial charge in [0.2, 0.25) is 0 Å². The maximum atomic E-state index is 5.87. The van der Waals surface area contributed by atoms with Gasteiger partial charge in [0.1, 0.15) is 11.6 Å². The van der Waals surface area contributed by atoms with Crippen molar-refractivity contribution in [1.82, 2.24) is 9.97 Å². The number of aromatic nitrogens is 2. The highest BCUT2D eigenvalue weighted by Gasteiger charge is 2.09. The highest BCUT2D eigenvalue weighted by Crippen LogP contribution is 2.17. The first-order chi connectivity index (χ1) is 9.13. The predicted molar refractivity (Wildman–Crippen MR) is 78.2 cm³/mol. The Hall–Kier alpha value is -1.65. The summed E-state index contributed by atoms with van der Waals surface area (Å²) in [6.07, 6.45) is 1.52. The van der Waals surface area contributed by atoms with Crippen molar-refractivity contribution in [3.63, 3.8) is 0 Å². The lowest BCUT2D eigenvalue weighted by molar-refractivity contribution is 0.888. The third-order valence-electron chi connectivity index (χ3n) is 3.04. The molecule has 0 saturated heterocycles. The van der Waals surface area contributed by atoms with Crippen LogP contribution in [0.4, 0.5) is 5.82 Å². The number of halogens is 1. The zero-order valence-electron chi connectivity index (χ0n) is 11.1. The molecule has 2 rings (SSSR count). The van der Waals surface area contributed by atoms with E-state index in [4.69, 9.17) is 17.4 Å². The van der Waals surface area contributed by atoms with Gasteiger partial charge < -0.3 is 5.43 Å². The van der Waals surface area contributed by atoms with Crippen molar-refractivity contribution in [2.45, 2.75) is 26.7 Å². The summed E-state index contributed by atoms with van der Waals surface area (Å²) in [5.74, 6) is 6.95. The van der Waals surface area contributed by atoms with Crippen molar-refractivity contribution in [3.8, 4) is 0 Å². The summed E-state index contributed by atoms with van der Waals surface area (Å²) in [7, 11) is 0. The Morgan fingerprint density at radius 1 is 1.21 bits per heavy atom. The van der Waals surface area contributed by atoms with E-state index in [1.54, 1.807) is 0 Å². The number of anilines is 1. The number of hydrazine groups is 1. The first-order valence-electron chi connectivity index (χ1n) is 6.21. The lowest BCUT2D eigenvalue weighted by Gasteiger charge is -2.11. The molecule has 19 heavy (non-hydrogen) atoms. The summed E-state index contributed by atoms with van der Waals surface area (Å²) >= 11 is 5.87. The molecular formula is C14H17ClN4. The average molecular weight is 277 g/mol. The average Bonchev–Trinajstić information content (AvgIpc) is 2.43. The Kier molecular flexibility index (Phi) is 4.35. The summed E-state index contributed by atoms with van der Waals surface area (Å²) in [6.45, 7) is 4.04. The molecule has 0 aliphatic rings. The maximum Gasteiger partial charge on any atom is 0.146 e. The molecule has 0 radical (unpaired) electrons. The fraction of sp³-hybridized carbons (Fsp3) is 0.286. The molecule has 0 saturated carbocycles. The number of hydrogen-bond donors (Lipinski definition) is 2. The molecule has 0 atom stereocenters. The van der Waals surface area contributed by atoms with Crippen molar-refractivity contribution in [1.29, 1.82) is 0 Å². The molecule has 0 bridgehead atoms. The number of nitrogen functional groups attached to an aromatic ring is 1.